The molecule has 1 aliphatic carbocycles. The van der Waals surface area contributed by atoms with Crippen LogP contribution in [0.4, 0.5) is 0 Å². The first-order chi connectivity index (χ1) is 16.4. The Bertz CT molecular complexity index is 1040. The highest BCUT2D eigenvalue weighted by Gasteiger charge is 2.43. The van der Waals surface area contributed by atoms with Crippen LogP contribution < -0.4 is 5.32 Å². The fraction of sp³-hybridized carbons (Fsp3) is 0.417. The quantitative estimate of drug-likeness (QED) is 0.258. The molecule has 5 N–H and O–H groups in total. The molecular weight excluding hydrogens is 446 g/mol. The lowest BCUT2D eigenvalue weighted by Gasteiger charge is -2.39. The van der Waals surface area contributed by atoms with Crippen LogP contribution in [-0.4, -0.2) is 95.8 Å². The Morgan fingerprint density at radius 3 is 2.41 bits per heavy atom. The number of amides is 1. The van der Waals surface area contributed by atoms with E-state index in [0.29, 0.717) is 16.7 Å². The molecule has 0 saturated carbocycles. The number of aliphatic hydroxyl groups is 4. The Balaban J connectivity index is 1.18. The smallest absolute Gasteiger partial charge is 0.251 e. The zero-order valence-corrected chi connectivity index (χ0v) is 18.3. The second kappa shape index (κ2) is 10.7. The molecule has 1 aliphatic heterocycles. The van der Waals surface area contributed by atoms with E-state index in [1.165, 1.54) is 0 Å². The van der Waals surface area contributed by atoms with E-state index in [2.05, 4.69) is 5.32 Å². The molecule has 2 aromatic carbocycles. The van der Waals surface area contributed by atoms with Gasteiger partial charge in [0.25, 0.3) is 5.91 Å². The maximum Gasteiger partial charge on any atom is 0.251 e. The third kappa shape index (κ3) is 4.89. The van der Waals surface area contributed by atoms with Crippen LogP contribution in [0.15, 0.2) is 42.5 Å². The van der Waals surface area contributed by atoms with Crippen molar-refractivity contribution in [3.05, 3.63) is 59.2 Å². The van der Waals surface area contributed by atoms with E-state index >= 15 is 0 Å². The molecule has 2 aromatic rings. The first-order valence-electron chi connectivity index (χ1n) is 11.0. The highest BCUT2D eigenvalue weighted by atomic mass is 16.7. The van der Waals surface area contributed by atoms with Crippen LogP contribution in [0.25, 0.3) is 11.1 Å². The summed E-state index contributed by atoms with van der Waals surface area (Å²) in [6.07, 6.45) is -6.67. The second-order valence-electron chi connectivity index (χ2n) is 8.07. The van der Waals surface area contributed by atoms with Gasteiger partial charge in [0.1, 0.15) is 24.4 Å². The van der Waals surface area contributed by atoms with Gasteiger partial charge in [-0.15, -0.1) is 0 Å². The maximum absolute atomic E-state index is 12.6. The summed E-state index contributed by atoms with van der Waals surface area (Å²) in [4.78, 5) is 25.1. The molecule has 1 saturated heterocycles. The number of fused-ring (bicyclic) bond motifs is 3. The Hall–Kier alpha value is -2.70. The third-order valence-electron chi connectivity index (χ3n) is 5.88. The summed E-state index contributed by atoms with van der Waals surface area (Å²) in [7, 11) is 0. The van der Waals surface area contributed by atoms with E-state index in [1.807, 2.05) is 18.2 Å². The van der Waals surface area contributed by atoms with Crippen molar-refractivity contribution in [1.82, 2.24) is 5.32 Å². The first kappa shape index (κ1) is 24.4. The van der Waals surface area contributed by atoms with Gasteiger partial charge in [-0.3, -0.25) is 9.59 Å². The van der Waals surface area contributed by atoms with Gasteiger partial charge < -0.3 is 40.0 Å². The minimum atomic E-state index is -1.50. The Morgan fingerprint density at radius 1 is 0.912 bits per heavy atom. The SMILES string of the molecule is O=C(NCCOCCO[C@H]1O[C@H](CO)[C@@H](O)[C@H](O)[C@H]1O)c1ccc2c(c1)C(=O)c1ccccc1-2. The van der Waals surface area contributed by atoms with Gasteiger partial charge in [0.2, 0.25) is 0 Å². The number of ether oxygens (including phenoxy) is 3. The summed E-state index contributed by atoms with van der Waals surface area (Å²) < 4.78 is 15.9. The lowest BCUT2D eigenvalue weighted by Crippen LogP contribution is -2.59. The number of carbonyl (C=O) groups excluding carboxylic acids is 2. The molecule has 0 radical (unpaired) electrons. The summed E-state index contributed by atoms with van der Waals surface area (Å²) >= 11 is 0. The average Bonchev–Trinajstić information content (AvgIpc) is 3.14. The topological polar surface area (TPSA) is 155 Å². The van der Waals surface area contributed by atoms with Crippen molar-refractivity contribution in [2.75, 3.05) is 33.0 Å². The van der Waals surface area contributed by atoms with E-state index in [9.17, 15) is 24.9 Å². The van der Waals surface area contributed by atoms with Crippen LogP contribution in [0.1, 0.15) is 26.3 Å². The zero-order chi connectivity index (χ0) is 24.2. The maximum atomic E-state index is 12.6. The lowest BCUT2D eigenvalue weighted by atomic mass is 9.99. The van der Waals surface area contributed by atoms with Gasteiger partial charge >= 0.3 is 0 Å². The average molecular weight is 473 g/mol. The minimum Gasteiger partial charge on any atom is -0.394 e. The number of carbonyl (C=O) groups is 2. The Kier molecular flexibility index (Phi) is 7.69. The zero-order valence-electron chi connectivity index (χ0n) is 18.3. The summed E-state index contributed by atoms with van der Waals surface area (Å²) in [5, 5.41) is 41.3. The van der Waals surface area contributed by atoms with Crippen molar-refractivity contribution in [3.63, 3.8) is 0 Å². The number of hydrogen-bond acceptors (Lipinski definition) is 9. The first-order valence-corrected chi connectivity index (χ1v) is 11.0. The number of rotatable bonds is 9. The number of nitrogens with one attached hydrogen (secondary N) is 1. The minimum absolute atomic E-state index is 0.0180. The van der Waals surface area contributed by atoms with Crippen LogP contribution in [-0.2, 0) is 14.2 Å². The van der Waals surface area contributed by atoms with Crippen LogP contribution in [0.3, 0.4) is 0 Å². The van der Waals surface area contributed by atoms with Gasteiger partial charge in [-0.25, -0.2) is 0 Å². The predicted octanol–water partition coefficient (Wildman–Crippen LogP) is -0.539. The van der Waals surface area contributed by atoms with E-state index < -0.39 is 37.3 Å². The molecule has 1 heterocycles. The highest BCUT2D eigenvalue weighted by molar-refractivity contribution is 6.22. The van der Waals surface area contributed by atoms with E-state index in [0.717, 1.165) is 11.1 Å². The van der Waals surface area contributed by atoms with Gasteiger partial charge in [-0.2, -0.15) is 0 Å². The van der Waals surface area contributed by atoms with Gasteiger partial charge in [-0.05, 0) is 23.3 Å². The molecule has 2 aliphatic rings. The fourth-order valence-electron chi connectivity index (χ4n) is 4.04. The van der Waals surface area contributed by atoms with E-state index in [1.54, 1.807) is 24.3 Å². The van der Waals surface area contributed by atoms with Crippen LogP contribution >= 0.6 is 0 Å². The third-order valence-corrected chi connectivity index (χ3v) is 5.88. The van der Waals surface area contributed by atoms with Gasteiger partial charge in [0, 0.05) is 23.2 Å². The normalized spacial score (nSPS) is 25.6. The van der Waals surface area contributed by atoms with E-state index in [-0.39, 0.29) is 38.1 Å². The molecule has 1 fully saturated rings. The summed E-state index contributed by atoms with van der Waals surface area (Å²) in [5.41, 5.74) is 3.21. The molecule has 10 nitrogen and oxygen atoms in total. The molecule has 182 valence electrons. The van der Waals surface area contributed by atoms with E-state index in [4.69, 9.17) is 19.3 Å². The fourth-order valence-corrected chi connectivity index (χ4v) is 4.04. The van der Waals surface area contributed by atoms with Crippen molar-refractivity contribution in [2.24, 2.45) is 0 Å². The van der Waals surface area contributed by atoms with Gasteiger partial charge in [0.05, 0.1) is 26.4 Å². The van der Waals surface area contributed by atoms with Crippen LogP contribution in [0, 0.1) is 0 Å². The summed E-state index contributed by atoms with van der Waals surface area (Å²) in [6.45, 7) is 0.0240. The number of hydrogen-bond donors (Lipinski definition) is 5. The lowest BCUT2D eigenvalue weighted by molar-refractivity contribution is -0.302. The van der Waals surface area contributed by atoms with Crippen LogP contribution in [0.2, 0.25) is 0 Å². The standard InChI is InChI=1S/C24H27NO9/c26-12-18-20(28)21(29)22(30)24(34-18)33-10-9-32-8-7-25-23(31)13-5-6-15-14-3-1-2-4-16(14)19(27)17(15)11-13/h1-6,11,18,20-22,24,26,28-30H,7-10,12H2,(H,25,31)/t18-,20-,21+,22-,24+/m1/s1. The Labute approximate surface area is 195 Å². The second-order valence-corrected chi connectivity index (χ2v) is 8.07. The monoisotopic (exact) mass is 473 g/mol. The molecular formula is C24H27NO9. The van der Waals surface area contributed by atoms with Gasteiger partial charge in [-0.1, -0.05) is 30.3 Å². The van der Waals surface area contributed by atoms with Crippen molar-refractivity contribution < 1.29 is 44.2 Å². The van der Waals surface area contributed by atoms with Crippen LogP contribution in [0.5, 0.6) is 0 Å². The van der Waals surface area contributed by atoms with Crippen molar-refractivity contribution in [3.8, 4) is 11.1 Å². The number of benzene rings is 2. The van der Waals surface area contributed by atoms with Crippen molar-refractivity contribution in [2.45, 2.75) is 30.7 Å². The number of ketones is 1. The molecule has 4 rings (SSSR count). The Morgan fingerprint density at radius 2 is 1.65 bits per heavy atom. The molecule has 0 unspecified atom stereocenters. The largest absolute Gasteiger partial charge is 0.394 e. The number of aliphatic hydroxyl groups excluding tert-OH is 4. The highest BCUT2D eigenvalue weighted by Crippen LogP contribution is 2.36. The molecule has 34 heavy (non-hydrogen) atoms. The molecule has 10 heteroatoms. The molecule has 0 aromatic heterocycles. The molecule has 1 amide bonds. The van der Waals surface area contributed by atoms with Crippen molar-refractivity contribution >= 4 is 11.7 Å². The van der Waals surface area contributed by atoms with Gasteiger partial charge in [0.15, 0.2) is 12.1 Å². The predicted molar refractivity (Wildman–Crippen MR) is 118 cm³/mol. The molecule has 0 bridgehead atoms. The van der Waals surface area contributed by atoms with Crippen molar-refractivity contribution in [1.29, 1.82) is 0 Å². The summed E-state index contributed by atoms with van der Waals surface area (Å²) in [5.74, 6) is -0.421. The molecule has 0 spiro atoms. The summed E-state index contributed by atoms with van der Waals surface area (Å²) in [6, 6.07) is 12.4. The molecule has 5 atom stereocenters.